The first-order valence-corrected chi connectivity index (χ1v) is 5.65. The highest BCUT2D eigenvalue weighted by atomic mass is 16.6. The largest absolute Gasteiger partial charge is 0.348 e. The highest BCUT2D eigenvalue weighted by Gasteiger charge is 2.27. The van der Waals surface area contributed by atoms with E-state index in [4.69, 9.17) is 5.26 Å². The number of aromatic nitrogens is 1. The topological polar surface area (TPSA) is 95.1 Å². The van der Waals surface area contributed by atoms with Crippen LogP contribution >= 0.6 is 0 Å². The number of hydrogen-bond acceptors (Lipinski definition) is 6. The Morgan fingerprint density at radius 2 is 2.50 bits per heavy atom. The molecule has 1 aliphatic rings. The number of nitriles is 1. The Morgan fingerprint density at radius 3 is 3.11 bits per heavy atom. The van der Waals surface area contributed by atoms with Gasteiger partial charge >= 0.3 is 5.69 Å². The van der Waals surface area contributed by atoms with Gasteiger partial charge in [-0.15, -0.1) is 0 Å². The van der Waals surface area contributed by atoms with E-state index >= 15 is 0 Å². The van der Waals surface area contributed by atoms with Crippen molar-refractivity contribution in [2.75, 3.05) is 24.5 Å². The Bertz CT molecular complexity index is 511. The molecule has 18 heavy (non-hydrogen) atoms. The third kappa shape index (κ3) is 2.24. The highest BCUT2D eigenvalue weighted by molar-refractivity contribution is 5.65. The predicted molar refractivity (Wildman–Crippen MR) is 65.3 cm³/mol. The van der Waals surface area contributed by atoms with Crippen LogP contribution in [0.3, 0.4) is 0 Å². The molecule has 0 aliphatic carbocycles. The summed E-state index contributed by atoms with van der Waals surface area (Å²) in [5, 5.41) is 23.3. The molecular formula is C11H13N5O2. The van der Waals surface area contributed by atoms with Crippen LogP contribution in [0.4, 0.5) is 11.5 Å². The van der Waals surface area contributed by atoms with E-state index in [1.165, 1.54) is 12.3 Å². The lowest BCUT2D eigenvalue weighted by Crippen LogP contribution is -2.49. The number of nitro groups is 1. The van der Waals surface area contributed by atoms with E-state index in [1.807, 2.05) is 17.9 Å². The van der Waals surface area contributed by atoms with Crippen LogP contribution in [-0.4, -0.2) is 35.6 Å². The quantitative estimate of drug-likeness (QED) is 0.609. The Morgan fingerprint density at radius 1 is 1.72 bits per heavy atom. The van der Waals surface area contributed by atoms with E-state index in [1.54, 1.807) is 0 Å². The van der Waals surface area contributed by atoms with Gasteiger partial charge in [0.15, 0.2) is 0 Å². The minimum atomic E-state index is -0.534. The molecule has 0 radical (unpaired) electrons. The first-order valence-electron chi connectivity index (χ1n) is 5.65. The van der Waals surface area contributed by atoms with Crippen LogP contribution < -0.4 is 10.2 Å². The molecule has 1 aromatic rings. The molecular weight excluding hydrogens is 234 g/mol. The second kappa shape index (κ2) is 4.98. The number of anilines is 1. The molecule has 0 aromatic carbocycles. The number of hydrogen-bond donors (Lipinski definition) is 1. The molecule has 1 aliphatic heterocycles. The fourth-order valence-corrected chi connectivity index (χ4v) is 2.07. The molecule has 0 spiro atoms. The van der Waals surface area contributed by atoms with Gasteiger partial charge < -0.3 is 10.2 Å². The summed E-state index contributed by atoms with van der Waals surface area (Å²) in [5.41, 5.74) is -0.148. The van der Waals surface area contributed by atoms with E-state index in [9.17, 15) is 10.1 Å². The Labute approximate surface area is 104 Å². The van der Waals surface area contributed by atoms with Crippen molar-refractivity contribution >= 4 is 11.5 Å². The van der Waals surface area contributed by atoms with E-state index in [0.29, 0.717) is 13.1 Å². The van der Waals surface area contributed by atoms with Gasteiger partial charge in [-0.2, -0.15) is 5.26 Å². The minimum absolute atomic E-state index is 0.0520. The van der Waals surface area contributed by atoms with Crippen LogP contribution in [-0.2, 0) is 0 Å². The summed E-state index contributed by atoms with van der Waals surface area (Å²) in [5.74, 6) is 0.285. The van der Waals surface area contributed by atoms with Gasteiger partial charge in [0.25, 0.3) is 0 Å². The summed E-state index contributed by atoms with van der Waals surface area (Å²) >= 11 is 0. The summed E-state index contributed by atoms with van der Waals surface area (Å²) in [4.78, 5) is 16.5. The van der Waals surface area contributed by atoms with Crippen LogP contribution in [0, 0.1) is 21.4 Å². The summed E-state index contributed by atoms with van der Waals surface area (Å²) < 4.78 is 0. The predicted octanol–water partition coefficient (Wildman–Crippen LogP) is 0.660. The van der Waals surface area contributed by atoms with Gasteiger partial charge in [-0.05, 0) is 13.0 Å². The van der Waals surface area contributed by atoms with Gasteiger partial charge in [0.05, 0.1) is 4.92 Å². The Kier molecular flexibility index (Phi) is 3.39. The SMILES string of the molecule is C[C@H]1CN(c2nccc(C#N)c2[N+](=O)[O-])CCN1. The van der Waals surface area contributed by atoms with Crippen molar-refractivity contribution in [2.45, 2.75) is 13.0 Å². The lowest BCUT2D eigenvalue weighted by Gasteiger charge is -2.32. The highest BCUT2D eigenvalue weighted by Crippen LogP contribution is 2.29. The molecule has 1 atom stereocenters. The van der Waals surface area contributed by atoms with Crippen LogP contribution in [0.5, 0.6) is 0 Å². The maximum Gasteiger partial charge on any atom is 0.329 e. The van der Waals surface area contributed by atoms with Crippen LogP contribution in [0.25, 0.3) is 0 Å². The molecule has 7 nitrogen and oxygen atoms in total. The van der Waals surface area contributed by atoms with E-state index in [0.717, 1.165) is 6.54 Å². The molecule has 1 saturated heterocycles. The number of piperazine rings is 1. The van der Waals surface area contributed by atoms with E-state index in [-0.39, 0.29) is 23.1 Å². The summed E-state index contributed by atoms with van der Waals surface area (Å²) in [6.07, 6.45) is 1.44. The number of pyridine rings is 1. The fourth-order valence-electron chi connectivity index (χ4n) is 2.07. The van der Waals surface area contributed by atoms with Gasteiger partial charge in [0, 0.05) is 31.9 Å². The second-order valence-electron chi connectivity index (χ2n) is 4.20. The minimum Gasteiger partial charge on any atom is -0.348 e. The zero-order chi connectivity index (χ0) is 13.1. The van der Waals surface area contributed by atoms with Crippen molar-refractivity contribution < 1.29 is 4.92 Å². The summed E-state index contributed by atoms with van der Waals surface area (Å²) in [6.45, 7) is 4.04. The maximum atomic E-state index is 11.1. The van der Waals surface area contributed by atoms with Gasteiger partial charge in [-0.25, -0.2) is 4.98 Å². The van der Waals surface area contributed by atoms with Crippen molar-refractivity contribution in [3.8, 4) is 6.07 Å². The third-order valence-corrected chi connectivity index (χ3v) is 2.88. The molecule has 7 heteroatoms. The Hall–Kier alpha value is -2.20. The summed E-state index contributed by atoms with van der Waals surface area (Å²) in [7, 11) is 0. The van der Waals surface area contributed by atoms with Crippen molar-refractivity contribution in [1.82, 2.24) is 10.3 Å². The monoisotopic (exact) mass is 247 g/mol. The lowest BCUT2D eigenvalue weighted by molar-refractivity contribution is -0.384. The molecule has 2 rings (SSSR count). The van der Waals surface area contributed by atoms with Gasteiger partial charge in [0.2, 0.25) is 5.82 Å². The van der Waals surface area contributed by atoms with Gasteiger partial charge in [-0.3, -0.25) is 10.1 Å². The average Bonchev–Trinajstić information content (AvgIpc) is 2.37. The maximum absolute atomic E-state index is 11.1. The third-order valence-electron chi connectivity index (χ3n) is 2.88. The van der Waals surface area contributed by atoms with Gasteiger partial charge in [-0.1, -0.05) is 0 Å². The summed E-state index contributed by atoms with van der Waals surface area (Å²) in [6, 6.07) is 3.45. The zero-order valence-corrected chi connectivity index (χ0v) is 9.96. The molecule has 0 saturated carbocycles. The van der Waals surface area contributed by atoms with Crippen molar-refractivity contribution in [2.24, 2.45) is 0 Å². The lowest BCUT2D eigenvalue weighted by atomic mass is 10.2. The van der Waals surface area contributed by atoms with Gasteiger partial charge in [0.1, 0.15) is 11.6 Å². The smallest absolute Gasteiger partial charge is 0.329 e. The number of nitrogens with zero attached hydrogens (tertiary/aromatic N) is 4. The van der Waals surface area contributed by atoms with Crippen molar-refractivity contribution in [3.63, 3.8) is 0 Å². The first-order chi connectivity index (χ1) is 8.63. The fraction of sp³-hybridized carbons (Fsp3) is 0.455. The first kappa shape index (κ1) is 12.3. The van der Waals surface area contributed by atoms with Crippen LogP contribution in [0.1, 0.15) is 12.5 Å². The molecule has 0 bridgehead atoms. The molecule has 0 amide bonds. The number of rotatable bonds is 2. The second-order valence-corrected chi connectivity index (χ2v) is 4.20. The zero-order valence-electron chi connectivity index (χ0n) is 9.96. The standard InChI is InChI=1S/C11H13N5O2/c1-8-7-15(5-4-13-8)11-10(16(17)18)9(6-12)2-3-14-11/h2-3,8,13H,4-5,7H2,1H3/t8-/m0/s1. The normalized spacial score (nSPS) is 19.3. The number of nitrogens with one attached hydrogen (secondary N) is 1. The molecule has 2 heterocycles. The molecule has 94 valence electrons. The van der Waals surface area contributed by atoms with Crippen molar-refractivity contribution in [3.05, 3.63) is 27.9 Å². The van der Waals surface area contributed by atoms with Crippen LogP contribution in [0.2, 0.25) is 0 Å². The van der Waals surface area contributed by atoms with Crippen molar-refractivity contribution in [1.29, 1.82) is 5.26 Å². The van der Waals surface area contributed by atoms with E-state index < -0.39 is 4.92 Å². The molecule has 1 fully saturated rings. The van der Waals surface area contributed by atoms with Crippen LogP contribution in [0.15, 0.2) is 12.3 Å². The Balaban J connectivity index is 2.44. The molecule has 0 unspecified atom stereocenters. The molecule has 1 aromatic heterocycles. The average molecular weight is 247 g/mol. The molecule has 1 N–H and O–H groups in total. The van der Waals surface area contributed by atoms with E-state index in [2.05, 4.69) is 10.3 Å².